The molecule has 0 bridgehead atoms. The molecule has 106 valence electrons. The van der Waals surface area contributed by atoms with Crippen molar-refractivity contribution in [3.8, 4) is 11.5 Å². The molecule has 0 unspecified atom stereocenters. The third kappa shape index (κ3) is 3.52. The van der Waals surface area contributed by atoms with Gasteiger partial charge in [-0.1, -0.05) is 35.5 Å². The quantitative estimate of drug-likeness (QED) is 0.781. The molecular weight excluding hydrogens is 269 g/mol. The van der Waals surface area contributed by atoms with Crippen molar-refractivity contribution in [1.29, 1.82) is 0 Å². The van der Waals surface area contributed by atoms with Crippen molar-refractivity contribution in [2.24, 2.45) is 0 Å². The summed E-state index contributed by atoms with van der Waals surface area (Å²) in [5.41, 5.74) is 1.90. The molecule has 0 fully saturated rings. The molecule has 2 aromatic carbocycles. The van der Waals surface area contributed by atoms with E-state index in [-0.39, 0.29) is 5.82 Å². The summed E-state index contributed by atoms with van der Waals surface area (Å²) < 4.78 is 18.0. The Hall–Kier alpha value is -2.53. The van der Waals surface area contributed by atoms with Gasteiger partial charge in [-0.05, 0) is 29.8 Å². The predicted octanol–water partition coefficient (Wildman–Crippen LogP) is 3.17. The second-order valence-corrected chi connectivity index (χ2v) is 4.61. The minimum absolute atomic E-state index is 0.289. The summed E-state index contributed by atoms with van der Waals surface area (Å²) in [4.78, 5) is 4.28. The minimum atomic E-state index is -0.289. The maximum absolute atomic E-state index is 12.9. The van der Waals surface area contributed by atoms with E-state index in [1.165, 1.54) is 17.7 Å². The van der Waals surface area contributed by atoms with Crippen LogP contribution < -0.4 is 5.32 Å². The number of nitrogens with zero attached hydrogens (tertiary/aromatic N) is 2. The van der Waals surface area contributed by atoms with Crippen LogP contribution in [0.15, 0.2) is 59.1 Å². The first-order valence-corrected chi connectivity index (χ1v) is 6.64. The summed E-state index contributed by atoms with van der Waals surface area (Å²) in [7, 11) is 0. The lowest BCUT2D eigenvalue weighted by molar-refractivity contribution is 0.419. The van der Waals surface area contributed by atoms with Crippen LogP contribution in [0.4, 0.5) is 4.39 Å². The highest BCUT2D eigenvalue weighted by Crippen LogP contribution is 2.17. The first-order valence-electron chi connectivity index (χ1n) is 6.64. The summed E-state index contributed by atoms with van der Waals surface area (Å²) in [6, 6.07) is 16.0. The number of rotatable bonds is 5. The van der Waals surface area contributed by atoms with Crippen molar-refractivity contribution in [2.75, 3.05) is 0 Å². The fraction of sp³-hybridized carbons (Fsp3) is 0.125. The monoisotopic (exact) mass is 283 g/mol. The van der Waals surface area contributed by atoms with Crippen LogP contribution in [0.1, 0.15) is 11.4 Å². The summed E-state index contributed by atoms with van der Waals surface area (Å²) in [6.45, 7) is 1.25. The van der Waals surface area contributed by atoms with Crippen molar-refractivity contribution in [3.05, 3.63) is 71.8 Å². The zero-order valence-corrected chi connectivity index (χ0v) is 11.3. The van der Waals surface area contributed by atoms with Crippen LogP contribution in [0.3, 0.4) is 0 Å². The van der Waals surface area contributed by atoms with Gasteiger partial charge >= 0.3 is 0 Å². The summed E-state index contributed by atoms with van der Waals surface area (Å²) >= 11 is 0. The van der Waals surface area contributed by atoms with Crippen LogP contribution in [-0.2, 0) is 13.1 Å². The first kappa shape index (κ1) is 13.5. The number of aromatic nitrogens is 2. The molecule has 4 nitrogen and oxygen atoms in total. The van der Waals surface area contributed by atoms with Gasteiger partial charge in [0.25, 0.3) is 5.89 Å². The maximum atomic E-state index is 12.9. The zero-order valence-electron chi connectivity index (χ0n) is 11.3. The van der Waals surface area contributed by atoms with E-state index in [0.29, 0.717) is 23.8 Å². The molecule has 0 aliphatic heterocycles. The topological polar surface area (TPSA) is 51.0 Å². The van der Waals surface area contributed by atoms with Gasteiger partial charge in [0, 0.05) is 12.1 Å². The highest BCUT2D eigenvalue weighted by molar-refractivity contribution is 5.52. The van der Waals surface area contributed by atoms with E-state index in [0.717, 1.165) is 6.54 Å². The molecule has 0 saturated carbocycles. The molecule has 0 aliphatic carbocycles. The number of halogens is 1. The van der Waals surface area contributed by atoms with E-state index in [1.54, 1.807) is 12.1 Å². The van der Waals surface area contributed by atoms with E-state index >= 15 is 0 Å². The van der Waals surface area contributed by atoms with Gasteiger partial charge in [0.05, 0.1) is 6.54 Å². The first-order chi connectivity index (χ1) is 10.3. The van der Waals surface area contributed by atoms with Crippen molar-refractivity contribution in [3.63, 3.8) is 0 Å². The van der Waals surface area contributed by atoms with Gasteiger partial charge in [-0.15, -0.1) is 0 Å². The third-order valence-electron chi connectivity index (χ3n) is 3.01. The number of hydrogen-bond donors (Lipinski definition) is 1. The van der Waals surface area contributed by atoms with Crippen molar-refractivity contribution in [2.45, 2.75) is 13.1 Å². The van der Waals surface area contributed by atoms with Gasteiger partial charge in [0.1, 0.15) is 5.82 Å². The van der Waals surface area contributed by atoms with Crippen LogP contribution in [0.2, 0.25) is 0 Å². The molecule has 0 aliphatic rings. The van der Waals surface area contributed by atoms with Gasteiger partial charge in [-0.2, -0.15) is 4.98 Å². The molecule has 1 N–H and O–H groups in total. The largest absolute Gasteiger partial charge is 0.334 e. The summed E-state index contributed by atoms with van der Waals surface area (Å²) in [5, 5.41) is 7.15. The van der Waals surface area contributed by atoms with Gasteiger partial charge in [-0.25, -0.2) is 4.39 Å². The van der Waals surface area contributed by atoms with E-state index in [4.69, 9.17) is 4.52 Å². The molecule has 1 aromatic heterocycles. The van der Waals surface area contributed by atoms with Crippen LogP contribution in [0.5, 0.6) is 0 Å². The summed E-state index contributed by atoms with van der Waals surface area (Å²) in [6.07, 6.45) is 0. The Kier molecular flexibility index (Phi) is 4.02. The van der Waals surface area contributed by atoms with Crippen molar-refractivity contribution in [1.82, 2.24) is 15.5 Å². The molecule has 1 heterocycles. The molecule has 0 radical (unpaired) electrons. The standard InChI is InChI=1S/C16H14FN3O/c17-14-8-6-13(7-9-14)16-19-15(20-21-16)11-18-10-12-4-2-1-3-5-12/h1-9,18H,10-11H2. The lowest BCUT2D eigenvalue weighted by atomic mass is 10.2. The molecule has 5 heteroatoms. The SMILES string of the molecule is Fc1ccc(-c2nc(CNCc3ccccc3)no2)cc1. The second kappa shape index (κ2) is 6.28. The number of hydrogen-bond acceptors (Lipinski definition) is 4. The zero-order chi connectivity index (χ0) is 14.5. The van der Waals surface area contributed by atoms with Crippen LogP contribution in [0.25, 0.3) is 11.5 Å². The lowest BCUT2D eigenvalue weighted by Gasteiger charge is -2.01. The Bertz CT molecular complexity index is 695. The molecule has 3 aromatic rings. The summed E-state index contributed by atoms with van der Waals surface area (Å²) in [5.74, 6) is 0.680. The van der Waals surface area contributed by atoms with Crippen molar-refractivity contribution < 1.29 is 8.91 Å². The molecule has 3 rings (SSSR count). The molecule has 0 atom stereocenters. The fourth-order valence-electron chi connectivity index (χ4n) is 1.95. The molecule has 0 saturated heterocycles. The van der Waals surface area contributed by atoms with Gasteiger partial charge in [-0.3, -0.25) is 0 Å². The maximum Gasteiger partial charge on any atom is 0.257 e. The number of nitrogens with one attached hydrogen (secondary N) is 1. The van der Waals surface area contributed by atoms with Crippen LogP contribution >= 0.6 is 0 Å². The number of benzene rings is 2. The Morgan fingerprint density at radius 2 is 1.71 bits per heavy atom. The van der Waals surface area contributed by atoms with E-state index in [2.05, 4.69) is 15.5 Å². The van der Waals surface area contributed by atoms with Crippen LogP contribution in [0, 0.1) is 5.82 Å². The molecular formula is C16H14FN3O. The van der Waals surface area contributed by atoms with E-state index in [9.17, 15) is 4.39 Å². The minimum Gasteiger partial charge on any atom is -0.334 e. The smallest absolute Gasteiger partial charge is 0.257 e. The normalized spacial score (nSPS) is 10.7. The average molecular weight is 283 g/mol. The average Bonchev–Trinajstić information content (AvgIpc) is 2.98. The molecule has 0 amide bonds. The third-order valence-corrected chi connectivity index (χ3v) is 3.01. The molecule has 0 spiro atoms. The van der Waals surface area contributed by atoms with E-state index < -0.39 is 0 Å². The van der Waals surface area contributed by atoms with Crippen LogP contribution in [-0.4, -0.2) is 10.1 Å². The van der Waals surface area contributed by atoms with Gasteiger partial charge < -0.3 is 9.84 Å². The van der Waals surface area contributed by atoms with E-state index in [1.807, 2.05) is 30.3 Å². The Morgan fingerprint density at radius 1 is 0.952 bits per heavy atom. The second-order valence-electron chi connectivity index (χ2n) is 4.61. The predicted molar refractivity (Wildman–Crippen MR) is 76.7 cm³/mol. The Labute approximate surface area is 121 Å². The molecule has 21 heavy (non-hydrogen) atoms. The highest BCUT2D eigenvalue weighted by atomic mass is 19.1. The Balaban J connectivity index is 1.59. The highest BCUT2D eigenvalue weighted by Gasteiger charge is 2.08. The van der Waals surface area contributed by atoms with Crippen molar-refractivity contribution >= 4 is 0 Å². The lowest BCUT2D eigenvalue weighted by Crippen LogP contribution is -2.13. The Morgan fingerprint density at radius 3 is 2.48 bits per heavy atom. The van der Waals surface area contributed by atoms with Gasteiger partial charge in [0.15, 0.2) is 5.82 Å². The fourth-order valence-corrected chi connectivity index (χ4v) is 1.95. The van der Waals surface area contributed by atoms with Gasteiger partial charge in [0.2, 0.25) is 0 Å².